The molecule has 0 saturated carbocycles. The number of rotatable bonds is 14. The van der Waals surface area contributed by atoms with Crippen LogP contribution in [-0.4, -0.2) is 49.5 Å². The van der Waals surface area contributed by atoms with Crippen LogP contribution in [0.2, 0.25) is 0 Å². The molecule has 1 N–H and O–H groups in total. The second kappa shape index (κ2) is 15.6. The molecule has 0 aliphatic carbocycles. The maximum Gasteiger partial charge on any atom is 0.184 e. The van der Waals surface area contributed by atoms with Crippen LogP contribution in [0.25, 0.3) is 0 Å². The largest absolute Gasteiger partial charge is 0.497 e. The third-order valence-corrected chi connectivity index (χ3v) is 7.18. The van der Waals surface area contributed by atoms with E-state index in [-0.39, 0.29) is 6.61 Å². The van der Waals surface area contributed by atoms with Crippen molar-refractivity contribution >= 4 is 0 Å². The Labute approximate surface area is 247 Å². The first-order valence-corrected chi connectivity index (χ1v) is 14.2. The van der Waals surface area contributed by atoms with Gasteiger partial charge in [-0.1, -0.05) is 103 Å². The lowest BCUT2D eigenvalue weighted by Gasteiger charge is -2.44. The predicted molar refractivity (Wildman–Crippen MR) is 159 cm³/mol. The first kappa shape index (κ1) is 29.9. The Morgan fingerprint density at radius 1 is 0.548 bits per heavy atom. The molecule has 1 saturated heterocycles. The van der Waals surface area contributed by atoms with Gasteiger partial charge in [-0.25, -0.2) is 0 Å². The molecule has 5 atom stereocenters. The van der Waals surface area contributed by atoms with E-state index in [0.717, 1.165) is 28.0 Å². The number of hydrogen-bond acceptors (Lipinski definition) is 7. The van der Waals surface area contributed by atoms with Gasteiger partial charge in [-0.3, -0.25) is 0 Å². The van der Waals surface area contributed by atoms with Gasteiger partial charge in [-0.05, 0) is 34.4 Å². The molecule has 1 heterocycles. The fourth-order valence-corrected chi connectivity index (χ4v) is 4.91. The summed E-state index contributed by atoms with van der Waals surface area (Å²) in [5, 5.41) is 11.2. The van der Waals surface area contributed by atoms with Gasteiger partial charge in [0, 0.05) is 0 Å². The minimum atomic E-state index is -1.24. The van der Waals surface area contributed by atoms with Gasteiger partial charge in [-0.15, -0.1) is 0 Å². The van der Waals surface area contributed by atoms with E-state index in [9.17, 15) is 5.11 Å². The van der Waals surface area contributed by atoms with E-state index in [0.29, 0.717) is 26.4 Å². The van der Waals surface area contributed by atoms with Crippen molar-refractivity contribution in [3.8, 4) is 5.75 Å². The van der Waals surface area contributed by atoms with Crippen molar-refractivity contribution in [3.05, 3.63) is 138 Å². The molecular formula is C35H38O7. The van der Waals surface area contributed by atoms with E-state index >= 15 is 0 Å². The van der Waals surface area contributed by atoms with Gasteiger partial charge in [0.2, 0.25) is 0 Å². The number of aliphatic hydroxyl groups excluding tert-OH is 1. The molecule has 42 heavy (non-hydrogen) atoms. The van der Waals surface area contributed by atoms with Gasteiger partial charge < -0.3 is 33.5 Å². The van der Waals surface area contributed by atoms with Crippen molar-refractivity contribution in [1.29, 1.82) is 0 Å². The Morgan fingerprint density at radius 3 is 1.50 bits per heavy atom. The molecule has 7 nitrogen and oxygen atoms in total. The number of methoxy groups -OCH3 is 1. The van der Waals surface area contributed by atoms with Gasteiger partial charge in [0.05, 0.1) is 40.1 Å². The Bertz CT molecular complexity index is 1300. The quantitative estimate of drug-likeness (QED) is 0.209. The fraction of sp³-hybridized carbons (Fsp3) is 0.314. The zero-order chi connectivity index (χ0) is 29.0. The zero-order valence-corrected chi connectivity index (χ0v) is 23.8. The zero-order valence-electron chi connectivity index (χ0n) is 23.8. The highest BCUT2D eigenvalue weighted by Gasteiger charge is 2.48. The van der Waals surface area contributed by atoms with E-state index in [1.54, 1.807) is 7.11 Å². The lowest BCUT2D eigenvalue weighted by atomic mass is 9.98. The van der Waals surface area contributed by atoms with Gasteiger partial charge in [0.25, 0.3) is 0 Å². The first-order valence-electron chi connectivity index (χ1n) is 14.2. The second-order valence-electron chi connectivity index (χ2n) is 10.2. The molecule has 0 amide bonds. The van der Waals surface area contributed by atoms with Gasteiger partial charge in [-0.2, -0.15) is 0 Å². The first-order chi connectivity index (χ1) is 20.7. The molecule has 0 radical (unpaired) electrons. The van der Waals surface area contributed by atoms with Crippen LogP contribution >= 0.6 is 0 Å². The maximum atomic E-state index is 11.2. The lowest BCUT2D eigenvalue weighted by Crippen LogP contribution is -2.61. The molecule has 1 fully saturated rings. The van der Waals surface area contributed by atoms with E-state index in [4.69, 9.17) is 28.4 Å². The smallest absolute Gasteiger partial charge is 0.184 e. The number of aliphatic hydroxyl groups is 1. The van der Waals surface area contributed by atoms with Crippen LogP contribution in [0.1, 0.15) is 22.3 Å². The summed E-state index contributed by atoms with van der Waals surface area (Å²) in [6.07, 6.45) is -3.82. The summed E-state index contributed by atoms with van der Waals surface area (Å²) in [4.78, 5) is 0. The van der Waals surface area contributed by atoms with Crippen molar-refractivity contribution < 1.29 is 33.5 Å². The highest BCUT2D eigenvalue weighted by atomic mass is 16.7. The summed E-state index contributed by atoms with van der Waals surface area (Å²) in [7, 11) is 1.64. The van der Waals surface area contributed by atoms with Crippen LogP contribution in [-0.2, 0) is 50.1 Å². The molecule has 0 spiro atoms. The Hall–Kier alpha value is -3.56. The van der Waals surface area contributed by atoms with Crippen LogP contribution in [0, 0.1) is 0 Å². The Morgan fingerprint density at radius 2 is 1.00 bits per heavy atom. The number of benzene rings is 4. The minimum absolute atomic E-state index is 0.194. The van der Waals surface area contributed by atoms with Gasteiger partial charge in [0.15, 0.2) is 6.29 Å². The SMILES string of the molecule is COc1ccc(COC[C@H]2O[C@H](O)[C@H](OCc3ccccc3)[C@@H](OCc3ccccc3)[C@@H]2OCc2ccccc2)cc1. The molecular weight excluding hydrogens is 532 g/mol. The van der Waals surface area contributed by atoms with Crippen LogP contribution < -0.4 is 4.74 Å². The molecule has 1 aliphatic rings. The molecule has 0 bridgehead atoms. The van der Waals surface area contributed by atoms with Crippen LogP contribution in [0.3, 0.4) is 0 Å². The van der Waals surface area contributed by atoms with Crippen LogP contribution in [0.4, 0.5) is 0 Å². The van der Waals surface area contributed by atoms with E-state index in [1.165, 1.54) is 0 Å². The normalized spacial score (nSPS) is 22.1. The van der Waals surface area contributed by atoms with Crippen molar-refractivity contribution in [3.63, 3.8) is 0 Å². The summed E-state index contributed by atoms with van der Waals surface area (Å²) in [6, 6.07) is 37.4. The van der Waals surface area contributed by atoms with Crippen LogP contribution in [0.5, 0.6) is 5.75 Å². The second-order valence-corrected chi connectivity index (χ2v) is 10.2. The van der Waals surface area contributed by atoms with Gasteiger partial charge >= 0.3 is 0 Å². The Balaban J connectivity index is 1.34. The van der Waals surface area contributed by atoms with Crippen molar-refractivity contribution in [1.82, 2.24) is 0 Å². The number of hydrogen-bond donors (Lipinski definition) is 1. The standard InChI is InChI=1S/C35H38O7/c1-37-30-19-17-29(18-20-30)21-38-25-31-32(39-22-26-11-5-2-6-12-26)33(40-23-27-13-7-3-8-14-27)34(35(36)42-31)41-24-28-15-9-4-10-16-28/h2-20,31-36H,21-25H2,1H3/t31-,32-,33+,34-,35+/m1/s1. The third-order valence-electron chi connectivity index (χ3n) is 7.18. The van der Waals surface area contributed by atoms with E-state index < -0.39 is 30.7 Å². The summed E-state index contributed by atoms with van der Waals surface area (Å²) in [5.74, 6) is 0.784. The molecule has 1 aliphatic heterocycles. The third kappa shape index (κ3) is 8.49. The molecule has 4 aromatic carbocycles. The monoisotopic (exact) mass is 570 g/mol. The summed E-state index contributed by atoms with van der Waals surface area (Å²) in [5.41, 5.74) is 4.01. The fourth-order valence-electron chi connectivity index (χ4n) is 4.91. The number of ether oxygens (including phenoxy) is 6. The van der Waals surface area contributed by atoms with Gasteiger partial charge in [0.1, 0.15) is 30.2 Å². The molecule has 5 rings (SSSR count). The van der Waals surface area contributed by atoms with E-state index in [1.807, 2.05) is 115 Å². The molecule has 220 valence electrons. The lowest BCUT2D eigenvalue weighted by molar-refractivity contribution is -0.317. The molecule has 7 heteroatoms. The summed E-state index contributed by atoms with van der Waals surface area (Å²) < 4.78 is 36.8. The van der Waals surface area contributed by atoms with Crippen molar-refractivity contribution in [2.75, 3.05) is 13.7 Å². The van der Waals surface area contributed by atoms with Crippen molar-refractivity contribution in [2.45, 2.75) is 57.1 Å². The summed E-state index contributed by atoms with van der Waals surface area (Å²) >= 11 is 0. The van der Waals surface area contributed by atoms with Crippen molar-refractivity contribution in [2.24, 2.45) is 0 Å². The molecule has 0 unspecified atom stereocenters. The topological polar surface area (TPSA) is 75.6 Å². The summed E-state index contributed by atoms with van der Waals surface area (Å²) in [6.45, 7) is 1.53. The van der Waals surface area contributed by atoms with E-state index in [2.05, 4.69) is 0 Å². The Kier molecular flexibility index (Phi) is 11.1. The minimum Gasteiger partial charge on any atom is -0.497 e. The van der Waals surface area contributed by atoms with Crippen LogP contribution in [0.15, 0.2) is 115 Å². The average Bonchev–Trinajstić information content (AvgIpc) is 3.04. The average molecular weight is 571 g/mol. The maximum absolute atomic E-state index is 11.2. The highest BCUT2D eigenvalue weighted by Crippen LogP contribution is 2.30. The predicted octanol–water partition coefficient (Wildman–Crippen LogP) is 5.69. The highest BCUT2D eigenvalue weighted by molar-refractivity contribution is 5.26. The molecule has 0 aromatic heterocycles. The molecule has 4 aromatic rings.